The van der Waals surface area contributed by atoms with Gasteiger partial charge in [-0.25, -0.2) is 4.79 Å². The number of hydrogen-bond donors (Lipinski definition) is 4. The Bertz CT molecular complexity index is 371. The average molecular weight is 317 g/mol. The number of carbonyl (C=O) groups excluding carboxylic acids is 2. The fourth-order valence-corrected chi connectivity index (χ4v) is 1.93. The molecule has 0 aliphatic rings. The van der Waals surface area contributed by atoms with Gasteiger partial charge in [0.15, 0.2) is 11.9 Å². The van der Waals surface area contributed by atoms with Crippen LogP contribution in [0.25, 0.3) is 0 Å². The highest BCUT2D eigenvalue weighted by Gasteiger charge is 2.20. The second kappa shape index (κ2) is 11.1. The lowest BCUT2D eigenvalue weighted by atomic mass is 10.0. The van der Waals surface area contributed by atoms with Crippen molar-refractivity contribution in [3.8, 4) is 0 Å². The van der Waals surface area contributed by atoms with Crippen LogP contribution >= 0.6 is 0 Å². The molecule has 0 saturated carbocycles. The van der Waals surface area contributed by atoms with E-state index in [0.717, 1.165) is 19.3 Å². The fourth-order valence-electron chi connectivity index (χ4n) is 1.93. The van der Waals surface area contributed by atoms with Gasteiger partial charge in [-0.1, -0.05) is 26.2 Å². The van der Waals surface area contributed by atoms with Crippen molar-refractivity contribution in [1.29, 1.82) is 0 Å². The first-order valence-corrected chi connectivity index (χ1v) is 7.68. The molecule has 0 aromatic heterocycles. The predicted octanol–water partition coefficient (Wildman–Crippen LogP) is 0.617. The number of carboxylic acid groups (broad SMARTS) is 1. The predicted molar refractivity (Wildman–Crippen MR) is 80.3 cm³/mol. The van der Waals surface area contributed by atoms with Crippen LogP contribution in [0.3, 0.4) is 0 Å². The number of Topliss-reactive ketones (excluding diaryl/α,β-unsaturated/α-hetero) is 1. The summed E-state index contributed by atoms with van der Waals surface area (Å²) in [6, 6.07) is -0.740. The molecule has 7 heteroatoms. The van der Waals surface area contributed by atoms with Gasteiger partial charge in [-0.05, 0) is 19.8 Å². The molecule has 7 nitrogen and oxygen atoms in total. The summed E-state index contributed by atoms with van der Waals surface area (Å²) in [4.78, 5) is 33.8. The van der Waals surface area contributed by atoms with E-state index in [-0.39, 0.29) is 25.0 Å². The highest BCUT2D eigenvalue weighted by molar-refractivity contribution is 5.89. The van der Waals surface area contributed by atoms with Crippen LogP contribution in [0.15, 0.2) is 0 Å². The monoisotopic (exact) mass is 317 g/mol. The molecule has 3 atom stereocenters. The lowest BCUT2D eigenvalue weighted by molar-refractivity contribution is -0.147. The number of ketones is 1. The van der Waals surface area contributed by atoms with E-state index in [2.05, 4.69) is 12.2 Å². The van der Waals surface area contributed by atoms with Crippen molar-refractivity contribution in [2.75, 3.05) is 0 Å². The van der Waals surface area contributed by atoms with Crippen LogP contribution in [0.4, 0.5) is 0 Å². The number of amides is 1. The lowest BCUT2D eigenvalue weighted by Gasteiger charge is -2.16. The minimum Gasteiger partial charge on any atom is -0.479 e. The van der Waals surface area contributed by atoms with Gasteiger partial charge in [0.05, 0.1) is 12.1 Å². The van der Waals surface area contributed by atoms with Gasteiger partial charge < -0.3 is 20.6 Å². The molecule has 0 bridgehead atoms. The van der Waals surface area contributed by atoms with Crippen LogP contribution in [0, 0.1) is 0 Å². The Morgan fingerprint density at radius 2 is 1.73 bits per heavy atom. The van der Waals surface area contributed by atoms with Crippen LogP contribution in [0.5, 0.6) is 0 Å². The first-order valence-electron chi connectivity index (χ1n) is 7.68. The third kappa shape index (κ3) is 9.46. The molecule has 0 heterocycles. The zero-order valence-corrected chi connectivity index (χ0v) is 13.2. The van der Waals surface area contributed by atoms with Crippen molar-refractivity contribution in [3.05, 3.63) is 0 Å². The summed E-state index contributed by atoms with van der Waals surface area (Å²) < 4.78 is 0. The largest absolute Gasteiger partial charge is 0.479 e. The molecule has 4 N–H and O–H groups in total. The first kappa shape index (κ1) is 20.5. The number of unbranched alkanes of at least 4 members (excludes halogenated alkanes) is 2. The number of rotatable bonds is 12. The molecule has 22 heavy (non-hydrogen) atoms. The number of hydrogen-bond acceptors (Lipinski definition) is 5. The third-order valence-corrected chi connectivity index (χ3v) is 3.37. The van der Waals surface area contributed by atoms with Gasteiger partial charge in [-0.3, -0.25) is 9.59 Å². The van der Waals surface area contributed by atoms with Gasteiger partial charge in [0, 0.05) is 12.8 Å². The normalized spacial score (nSPS) is 14.9. The van der Waals surface area contributed by atoms with E-state index in [1.807, 2.05) is 0 Å². The van der Waals surface area contributed by atoms with Crippen molar-refractivity contribution in [3.63, 3.8) is 0 Å². The Kier molecular flexibility index (Phi) is 10.4. The summed E-state index contributed by atoms with van der Waals surface area (Å²) in [6.45, 7) is 3.57. The molecule has 128 valence electrons. The Morgan fingerprint density at radius 1 is 1.09 bits per heavy atom. The Morgan fingerprint density at radius 3 is 2.27 bits per heavy atom. The smallest absolute Gasteiger partial charge is 0.332 e. The number of carboxylic acids is 1. The summed E-state index contributed by atoms with van der Waals surface area (Å²) in [5.41, 5.74) is 0. The van der Waals surface area contributed by atoms with Gasteiger partial charge in [-0.2, -0.15) is 0 Å². The molecule has 0 rings (SSSR count). The van der Waals surface area contributed by atoms with E-state index in [4.69, 9.17) is 10.2 Å². The molecule has 1 amide bonds. The molecule has 0 unspecified atom stereocenters. The number of aliphatic carboxylic acids is 1. The van der Waals surface area contributed by atoms with E-state index in [0.29, 0.717) is 6.42 Å². The minimum atomic E-state index is -1.59. The van der Waals surface area contributed by atoms with Crippen LogP contribution in [0.1, 0.15) is 58.8 Å². The van der Waals surface area contributed by atoms with E-state index in [9.17, 15) is 19.5 Å². The molecule has 0 spiro atoms. The molecule has 0 fully saturated rings. The lowest BCUT2D eigenvalue weighted by Crippen LogP contribution is -2.40. The van der Waals surface area contributed by atoms with E-state index in [1.54, 1.807) is 0 Å². The standard InChI is InChI=1S/C15H27NO6/c1-3-4-5-6-11(17)9-13(19)10(2)16-14(20)8-7-12(18)15(21)22/h10-12,17-18H,3-9H2,1-2H3,(H,16,20)(H,21,22)/t10-,11-,12+/m1/s1. The maximum absolute atomic E-state index is 11.8. The molecule has 0 aromatic rings. The second-order valence-electron chi connectivity index (χ2n) is 5.50. The summed E-state index contributed by atoms with van der Waals surface area (Å²) in [5.74, 6) is -2.15. The first-order chi connectivity index (χ1) is 10.3. The summed E-state index contributed by atoms with van der Waals surface area (Å²) in [7, 11) is 0. The van der Waals surface area contributed by atoms with Crippen molar-refractivity contribution in [2.45, 2.75) is 77.0 Å². The van der Waals surface area contributed by atoms with Crippen LogP contribution in [-0.4, -0.2) is 51.2 Å². The molecule has 0 saturated heterocycles. The highest BCUT2D eigenvalue weighted by Crippen LogP contribution is 2.08. The van der Waals surface area contributed by atoms with Gasteiger partial charge in [0.1, 0.15) is 0 Å². The Balaban J connectivity index is 4.03. The Hall–Kier alpha value is -1.47. The molecular formula is C15H27NO6. The molecule has 0 radical (unpaired) electrons. The van der Waals surface area contributed by atoms with Crippen LogP contribution in [-0.2, 0) is 14.4 Å². The topological polar surface area (TPSA) is 124 Å². The molecule has 0 aromatic carbocycles. The summed E-state index contributed by atoms with van der Waals surface area (Å²) >= 11 is 0. The highest BCUT2D eigenvalue weighted by atomic mass is 16.4. The molecular weight excluding hydrogens is 290 g/mol. The second-order valence-corrected chi connectivity index (χ2v) is 5.50. The quantitative estimate of drug-likeness (QED) is 0.391. The fraction of sp³-hybridized carbons (Fsp3) is 0.800. The maximum atomic E-state index is 11.8. The van der Waals surface area contributed by atoms with E-state index >= 15 is 0 Å². The van der Waals surface area contributed by atoms with Crippen molar-refractivity contribution >= 4 is 17.7 Å². The summed E-state index contributed by atoms with van der Waals surface area (Å²) in [6.07, 6.45) is 0.779. The number of carbonyl (C=O) groups is 3. The molecule has 0 aliphatic heterocycles. The Labute approximate surface area is 130 Å². The van der Waals surface area contributed by atoms with Gasteiger partial charge in [0.25, 0.3) is 0 Å². The SMILES string of the molecule is CCCCC[C@@H](O)CC(=O)[C@@H](C)NC(=O)CC[C@H](O)C(=O)O. The average Bonchev–Trinajstić information content (AvgIpc) is 2.44. The number of aliphatic hydroxyl groups is 2. The minimum absolute atomic E-state index is 0.0110. The van der Waals surface area contributed by atoms with Crippen molar-refractivity contribution in [1.82, 2.24) is 5.32 Å². The summed E-state index contributed by atoms with van der Waals surface area (Å²) in [5, 5.41) is 29.7. The van der Waals surface area contributed by atoms with E-state index in [1.165, 1.54) is 6.92 Å². The van der Waals surface area contributed by atoms with Gasteiger partial charge in [-0.15, -0.1) is 0 Å². The zero-order chi connectivity index (χ0) is 17.1. The maximum Gasteiger partial charge on any atom is 0.332 e. The number of aliphatic hydroxyl groups excluding tert-OH is 2. The van der Waals surface area contributed by atoms with Crippen LogP contribution < -0.4 is 5.32 Å². The van der Waals surface area contributed by atoms with Gasteiger partial charge >= 0.3 is 5.97 Å². The zero-order valence-electron chi connectivity index (χ0n) is 13.2. The third-order valence-electron chi connectivity index (χ3n) is 3.37. The van der Waals surface area contributed by atoms with Crippen LogP contribution in [0.2, 0.25) is 0 Å². The molecule has 0 aliphatic carbocycles. The van der Waals surface area contributed by atoms with Crippen molar-refractivity contribution in [2.24, 2.45) is 0 Å². The van der Waals surface area contributed by atoms with Gasteiger partial charge in [0.2, 0.25) is 5.91 Å². The van der Waals surface area contributed by atoms with Crippen molar-refractivity contribution < 1.29 is 29.7 Å². The van der Waals surface area contributed by atoms with E-state index < -0.39 is 30.1 Å². The number of nitrogens with one attached hydrogen (secondary N) is 1.